The number of benzene rings is 1. The summed E-state index contributed by atoms with van der Waals surface area (Å²) in [4.78, 5) is 14.3. The lowest BCUT2D eigenvalue weighted by Crippen LogP contribution is -2.44. The number of urea groups is 1. The van der Waals surface area contributed by atoms with E-state index in [1.54, 1.807) is 12.1 Å². The Balaban J connectivity index is 2.10. The molecule has 2 amide bonds. The zero-order chi connectivity index (χ0) is 15.2. The summed E-state index contributed by atoms with van der Waals surface area (Å²) in [6, 6.07) is 4.51. The number of carbonyl (C=O) groups excluding carboxylic acids is 1. The smallest absolute Gasteiger partial charge is 0.318 e. The fourth-order valence-electron chi connectivity index (χ4n) is 2.85. The molecule has 0 unspecified atom stereocenters. The normalized spacial score (nSPS) is 15.5. The van der Waals surface area contributed by atoms with Gasteiger partial charge in [0.15, 0.2) is 0 Å². The Morgan fingerprint density at radius 1 is 1.43 bits per heavy atom. The predicted molar refractivity (Wildman–Crippen MR) is 83.9 cm³/mol. The van der Waals surface area contributed by atoms with Crippen LogP contribution in [0.3, 0.4) is 0 Å². The number of aryl methyl sites for hydroxylation is 1. The van der Waals surface area contributed by atoms with Gasteiger partial charge in [-0.25, -0.2) is 9.18 Å². The van der Waals surface area contributed by atoms with E-state index in [1.165, 1.54) is 18.6 Å². The molecule has 4 heteroatoms. The number of halogens is 1. The lowest BCUT2D eigenvalue weighted by atomic mass is 9.94. The molecule has 1 aromatic carbocycles. The summed E-state index contributed by atoms with van der Waals surface area (Å²) in [5, 5.41) is 2.83. The number of carbonyl (C=O) groups is 1. The van der Waals surface area contributed by atoms with E-state index >= 15 is 0 Å². The monoisotopic (exact) mass is 290 g/mol. The maximum atomic E-state index is 13.3. The van der Waals surface area contributed by atoms with Crippen LogP contribution in [0.25, 0.3) is 0 Å². The lowest BCUT2D eigenvalue weighted by Gasteiger charge is -2.33. The van der Waals surface area contributed by atoms with Gasteiger partial charge in [0.25, 0.3) is 0 Å². The van der Waals surface area contributed by atoms with Gasteiger partial charge in [0, 0.05) is 18.3 Å². The highest BCUT2D eigenvalue weighted by molar-refractivity contribution is 5.90. The molecule has 0 aromatic heterocycles. The molecule has 0 heterocycles. The van der Waals surface area contributed by atoms with Gasteiger partial charge in [-0.05, 0) is 37.5 Å². The van der Waals surface area contributed by atoms with Gasteiger partial charge in [-0.3, -0.25) is 0 Å². The molecular weight excluding hydrogens is 267 g/mol. The zero-order valence-corrected chi connectivity index (χ0v) is 12.6. The number of hydrogen-bond acceptors (Lipinski definition) is 1. The first kappa shape index (κ1) is 15.5. The number of nitrogens with one attached hydrogen (secondary N) is 1. The Bertz CT molecular complexity index is 510. The maximum Gasteiger partial charge on any atom is 0.322 e. The van der Waals surface area contributed by atoms with Crippen molar-refractivity contribution in [3.8, 4) is 0 Å². The summed E-state index contributed by atoms with van der Waals surface area (Å²) >= 11 is 0. The van der Waals surface area contributed by atoms with Crippen LogP contribution in [0.2, 0.25) is 0 Å². The predicted octanol–water partition coefficient (Wildman–Crippen LogP) is 4.49. The van der Waals surface area contributed by atoms with Gasteiger partial charge in [-0.2, -0.15) is 0 Å². The molecule has 0 atom stereocenters. The minimum atomic E-state index is -0.344. The van der Waals surface area contributed by atoms with Crippen molar-refractivity contribution in [1.82, 2.24) is 4.90 Å². The topological polar surface area (TPSA) is 32.3 Å². The molecule has 1 aliphatic carbocycles. The van der Waals surface area contributed by atoms with Crippen LogP contribution in [-0.2, 0) is 0 Å². The third-order valence-electron chi connectivity index (χ3n) is 4.04. The molecular formula is C17H23FN2O. The molecule has 1 saturated carbocycles. The Kier molecular flexibility index (Phi) is 5.37. The van der Waals surface area contributed by atoms with Gasteiger partial charge in [0.05, 0.1) is 0 Å². The van der Waals surface area contributed by atoms with Crippen molar-refractivity contribution >= 4 is 11.7 Å². The van der Waals surface area contributed by atoms with Crippen molar-refractivity contribution in [2.45, 2.75) is 45.1 Å². The van der Waals surface area contributed by atoms with Gasteiger partial charge in [-0.1, -0.05) is 31.4 Å². The highest BCUT2D eigenvalue weighted by Gasteiger charge is 2.24. The first-order chi connectivity index (χ1) is 10.1. The van der Waals surface area contributed by atoms with E-state index in [1.807, 2.05) is 11.8 Å². The average Bonchev–Trinajstić information content (AvgIpc) is 2.49. The van der Waals surface area contributed by atoms with Crippen LogP contribution in [0.1, 0.15) is 37.7 Å². The van der Waals surface area contributed by atoms with E-state index in [2.05, 4.69) is 11.9 Å². The standard InChI is InChI=1S/C17H23FN2O/c1-3-11-20(15-7-5-4-6-8-15)17(21)19-16-12-14(18)10-9-13(16)2/h3,9-10,12,15H,1,4-8,11H2,2H3,(H,19,21). The molecule has 0 aliphatic heterocycles. The Labute approximate surface area is 125 Å². The third kappa shape index (κ3) is 4.06. The van der Waals surface area contributed by atoms with Gasteiger partial charge < -0.3 is 10.2 Å². The molecule has 2 rings (SSSR count). The molecule has 1 aliphatic rings. The van der Waals surface area contributed by atoms with Crippen LogP contribution in [0.15, 0.2) is 30.9 Å². The molecule has 0 bridgehead atoms. The van der Waals surface area contributed by atoms with Crippen LogP contribution >= 0.6 is 0 Å². The van der Waals surface area contributed by atoms with Crippen molar-refractivity contribution < 1.29 is 9.18 Å². The summed E-state index contributed by atoms with van der Waals surface area (Å²) < 4.78 is 13.3. The second-order valence-corrected chi connectivity index (χ2v) is 5.62. The quantitative estimate of drug-likeness (QED) is 0.814. The zero-order valence-electron chi connectivity index (χ0n) is 12.6. The van der Waals surface area contributed by atoms with Gasteiger partial charge in [0.2, 0.25) is 0 Å². The molecule has 1 N–H and O–H groups in total. The molecule has 0 radical (unpaired) electrons. The summed E-state index contributed by atoms with van der Waals surface area (Å²) in [5.74, 6) is -0.344. The van der Waals surface area contributed by atoms with Gasteiger partial charge in [0.1, 0.15) is 5.82 Å². The lowest BCUT2D eigenvalue weighted by molar-refractivity contribution is 0.176. The minimum Gasteiger partial charge on any atom is -0.318 e. The minimum absolute atomic E-state index is 0.171. The molecule has 1 fully saturated rings. The van der Waals surface area contributed by atoms with Crippen molar-refractivity contribution in [1.29, 1.82) is 0 Å². The first-order valence-corrected chi connectivity index (χ1v) is 7.56. The Hall–Kier alpha value is -1.84. The highest BCUT2D eigenvalue weighted by atomic mass is 19.1. The van der Waals surface area contributed by atoms with Crippen molar-refractivity contribution in [3.63, 3.8) is 0 Å². The first-order valence-electron chi connectivity index (χ1n) is 7.56. The SMILES string of the molecule is C=CCN(C(=O)Nc1cc(F)ccc1C)C1CCCCC1. The van der Waals surface area contributed by atoms with Crippen molar-refractivity contribution in [2.24, 2.45) is 0 Å². The number of rotatable bonds is 4. The van der Waals surface area contributed by atoms with Crippen LogP contribution in [0, 0.1) is 12.7 Å². The molecule has 114 valence electrons. The number of anilines is 1. The number of amides is 2. The maximum absolute atomic E-state index is 13.3. The van der Waals surface area contributed by atoms with Crippen LogP contribution in [0.5, 0.6) is 0 Å². The summed E-state index contributed by atoms with van der Waals surface area (Å²) in [6.07, 6.45) is 7.36. The summed E-state index contributed by atoms with van der Waals surface area (Å²) in [5.41, 5.74) is 1.39. The molecule has 0 spiro atoms. The van der Waals surface area contributed by atoms with E-state index in [0.717, 1.165) is 31.2 Å². The Morgan fingerprint density at radius 2 is 2.14 bits per heavy atom. The van der Waals surface area contributed by atoms with Crippen LogP contribution < -0.4 is 5.32 Å². The van der Waals surface area contributed by atoms with E-state index < -0.39 is 0 Å². The fourth-order valence-corrected chi connectivity index (χ4v) is 2.85. The third-order valence-corrected chi connectivity index (χ3v) is 4.04. The molecule has 1 aromatic rings. The van der Waals surface area contributed by atoms with E-state index in [9.17, 15) is 9.18 Å². The highest BCUT2D eigenvalue weighted by Crippen LogP contribution is 2.24. The molecule has 21 heavy (non-hydrogen) atoms. The second-order valence-electron chi connectivity index (χ2n) is 5.62. The summed E-state index contributed by atoms with van der Waals surface area (Å²) in [6.45, 7) is 6.11. The van der Waals surface area contributed by atoms with Gasteiger partial charge >= 0.3 is 6.03 Å². The Morgan fingerprint density at radius 3 is 2.81 bits per heavy atom. The second kappa shape index (κ2) is 7.25. The fraction of sp³-hybridized carbons (Fsp3) is 0.471. The number of nitrogens with zero attached hydrogens (tertiary/aromatic N) is 1. The van der Waals surface area contributed by atoms with Crippen LogP contribution in [-0.4, -0.2) is 23.5 Å². The largest absolute Gasteiger partial charge is 0.322 e. The van der Waals surface area contributed by atoms with Crippen molar-refractivity contribution in [2.75, 3.05) is 11.9 Å². The van der Waals surface area contributed by atoms with Gasteiger partial charge in [-0.15, -0.1) is 6.58 Å². The summed E-state index contributed by atoms with van der Waals surface area (Å²) in [7, 11) is 0. The van der Waals surface area contributed by atoms with E-state index in [0.29, 0.717) is 12.2 Å². The average molecular weight is 290 g/mol. The van der Waals surface area contributed by atoms with Crippen LogP contribution in [0.4, 0.5) is 14.9 Å². The van der Waals surface area contributed by atoms with E-state index in [4.69, 9.17) is 0 Å². The number of hydrogen-bond donors (Lipinski definition) is 1. The molecule has 0 saturated heterocycles. The van der Waals surface area contributed by atoms with E-state index in [-0.39, 0.29) is 17.9 Å². The molecule has 3 nitrogen and oxygen atoms in total. The van der Waals surface area contributed by atoms with Crippen molar-refractivity contribution in [3.05, 3.63) is 42.2 Å².